The zero-order valence-corrected chi connectivity index (χ0v) is 26.0. The molecule has 0 heterocycles. The van der Waals surface area contributed by atoms with E-state index in [0.717, 1.165) is 64.5 Å². The van der Waals surface area contributed by atoms with Crippen molar-refractivity contribution in [3.63, 3.8) is 0 Å². The summed E-state index contributed by atoms with van der Waals surface area (Å²) in [5.74, 6) is 0.401. The lowest BCUT2D eigenvalue weighted by Gasteiger charge is -2.26. The maximum absolute atomic E-state index is 12.2. The number of hydrogen-bond donors (Lipinski definition) is 1. The molecular weight excluding hydrogens is 510 g/mol. The molecule has 0 radical (unpaired) electrons. The first-order valence-electron chi connectivity index (χ1n) is 15.5. The molecule has 0 aromatic heterocycles. The van der Waals surface area contributed by atoms with Crippen LogP contribution in [0, 0.1) is 0 Å². The van der Waals surface area contributed by atoms with Gasteiger partial charge in [-0.1, -0.05) is 93.7 Å². The van der Waals surface area contributed by atoms with E-state index in [2.05, 4.69) is 105 Å². The average molecular weight is 566 g/mol. The van der Waals surface area contributed by atoms with Crippen LogP contribution in [0.5, 0.6) is 5.75 Å². The number of nitrogens with zero attached hydrogens (tertiary/aromatic N) is 1. The topological polar surface area (TPSA) is 59.0 Å². The van der Waals surface area contributed by atoms with E-state index in [1.165, 1.54) is 5.56 Å². The Labute approximate surface area is 250 Å². The standard InChI is InChI=1S/C36H55NO4/c1-5-8-9-10-11-12-13-14-15-16-17-18-19-20-21-22-23-24-36(39)41-35(30-38)31-40-34-27-25-33(26-28-34)29-32(4)37(6-2)7-3/h8-9,11-12,14-15,17-18,20-21,25-28,32,35,38H,5-7,10,13,16,19,22-24,29-31H2,1-4H3. The zero-order valence-electron chi connectivity index (χ0n) is 26.0. The highest BCUT2D eigenvalue weighted by Gasteiger charge is 2.15. The van der Waals surface area contributed by atoms with Crippen molar-refractivity contribution in [1.29, 1.82) is 0 Å². The molecule has 0 amide bonds. The van der Waals surface area contributed by atoms with E-state index in [-0.39, 0.29) is 19.2 Å². The maximum Gasteiger partial charge on any atom is 0.306 e. The van der Waals surface area contributed by atoms with Crippen molar-refractivity contribution >= 4 is 5.97 Å². The molecular formula is C36H55NO4. The first-order chi connectivity index (χ1) is 20.0. The van der Waals surface area contributed by atoms with E-state index in [9.17, 15) is 9.90 Å². The van der Waals surface area contributed by atoms with Crippen LogP contribution in [0.1, 0.15) is 84.6 Å². The first kappa shape index (κ1) is 36.1. The van der Waals surface area contributed by atoms with Gasteiger partial charge in [-0.15, -0.1) is 0 Å². The second-order valence-electron chi connectivity index (χ2n) is 10.1. The molecule has 1 aromatic rings. The monoisotopic (exact) mass is 565 g/mol. The summed E-state index contributed by atoms with van der Waals surface area (Å²) in [4.78, 5) is 14.6. The van der Waals surface area contributed by atoms with Crippen LogP contribution >= 0.6 is 0 Å². The molecule has 0 aliphatic heterocycles. The molecule has 41 heavy (non-hydrogen) atoms. The number of allylic oxidation sites excluding steroid dienone is 10. The van der Waals surface area contributed by atoms with Gasteiger partial charge in [-0.05, 0) is 89.1 Å². The molecule has 0 aliphatic carbocycles. The summed E-state index contributed by atoms with van der Waals surface area (Å²) in [7, 11) is 0. The van der Waals surface area contributed by atoms with E-state index < -0.39 is 6.10 Å². The molecule has 5 heteroatoms. The summed E-state index contributed by atoms with van der Waals surface area (Å²) in [5, 5.41) is 9.63. The average Bonchev–Trinajstić information content (AvgIpc) is 2.98. The summed E-state index contributed by atoms with van der Waals surface area (Å²) in [6, 6.07) is 8.50. The Morgan fingerprint density at radius 1 is 0.829 bits per heavy atom. The quantitative estimate of drug-likeness (QED) is 0.0824. The molecule has 2 unspecified atom stereocenters. The summed E-state index contributed by atoms with van der Waals surface area (Å²) in [6.07, 6.45) is 28.8. The van der Waals surface area contributed by atoms with Crippen molar-refractivity contribution < 1.29 is 19.4 Å². The van der Waals surface area contributed by atoms with Gasteiger partial charge >= 0.3 is 5.97 Å². The van der Waals surface area contributed by atoms with E-state index in [1.54, 1.807) is 0 Å². The van der Waals surface area contributed by atoms with Crippen LogP contribution in [-0.4, -0.2) is 54.4 Å². The van der Waals surface area contributed by atoms with Gasteiger partial charge in [0, 0.05) is 12.5 Å². The van der Waals surface area contributed by atoms with Crippen LogP contribution in [0.15, 0.2) is 85.0 Å². The van der Waals surface area contributed by atoms with Crippen molar-refractivity contribution in [2.24, 2.45) is 0 Å². The predicted molar refractivity (Wildman–Crippen MR) is 173 cm³/mol. The molecule has 0 spiro atoms. The highest BCUT2D eigenvalue weighted by Crippen LogP contribution is 2.16. The lowest BCUT2D eigenvalue weighted by molar-refractivity contribution is -0.152. The Kier molecular flexibility index (Phi) is 21.9. The van der Waals surface area contributed by atoms with Crippen LogP contribution in [0.2, 0.25) is 0 Å². The number of hydrogen-bond acceptors (Lipinski definition) is 5. The summed E-state index contributed by atoms with van der Waals surface area (Å²) in [5.41, 5.74) is 1.26. The molecule has 0 saturated heterocycles. The molecule has 1 N–H and O–H groups in total. The van der Waals surface area contributed by atoms with Crippen molar-refractivity contribution in [2.45, 2.75) is 97.6 Å². The summed E-state index contributed by atoms with van der Waals surface area (Å²) >= 11 is 0. The molecule has 0 bridgehead atoms. The first-order valence-corrected chi connectivity index (χ1v) is 15.5. The number of likely N-dealkylation sites (N-methyl/N-ethyl adjacent to an activating group) is 1. The molecule has 1 rings (SSSR count). The number of rotatable bonds is 23. The van der Waals surface area contributed by atoms with Crippen LogP contribution in [0.3, 0.4) is 0 Å². The number of ether oxygens (including phenoxy) is 2. The van der Waals surface area contributed by atoms with Crippen LogP contribution in [0.4, 0.5) is 0 Å². The zero-order chi connectivity index (χ0) is 30.0. The van der Waals surface area contributed by atoms with Gasteiger partial charge in [0.05, 0.1) is 6.61 Å². The second kappa shape index (κ2) is 24.9. The summed E-state index contributed by atoms with van der Waals surface area (Å²) < 4.78 is 11.2. The second-order valence-corrected chi connectivity index (χ2v) is 10.1. The Morgan fingerprint density at radius 3 is 1.88 bits per heavy atom. The third kappa shape index (κ3) is 19.0. The predicted octanol–water partition coefficient (Wildman–Crippen LogP) is 8.16. The Bertz CT molecular complexity index is 925. The molecule has 228 valence electrons. The minimum atomic E-state index is -0.668. The number of unbranched alkanes of at least 4 members (excludes halogenated alkanes) is 1. The number of esters is 1. The third-order valence-electron chi connectivity index (χ3n) is 6.74. The molecule has 0 saturated carbocycles. The van der Waals surface area contributed by atoms with Crippen molar-refractivity contribution in [3.05, 3.63) is 90.6 Å². The smallest absolute Gasteiger partial charge is 0.306 e. The lowest BCUT2D eigenvalue weighted by Crippen LogP contribution is -2.34. The third-order valence-corrected chi connectivity index (χ3v) is 6.74. The van der Waals surface area contributed by atoms with E-state index >= 15 is 0 Å². The highest BCUT2D eigenvalue weighted by molar-refractivity contribution is 5.69. The van der Waals surface area contributed by atoms with Gasteiger partial charge in [-0.2, -0.15) is 0 Å². The largest absolute Gasteiger partial charge is 0.490 e. The molecule has 1 aromatic carbocycles. The van der Waals surface area contributed by atoms with E-state index in [1.807, 2.05) is 12.1 Å². The van der Waals surface area contributed by atoms with Gasteiger partial charge in [-0.3, -0.25) is 4.79 Å². The van der Waals surface area contributed by atoms with Crippen LogP contribution in [0.25, 0.3) is 0 Å². The Morgan fingerprint density at radius 2 is 1.37 bits per heavy atom. The van der Waals surface area contributed by atoms with Crippen molar-refractivity contribution in [1.82, 2.24) is 4.90 Å². The van der Waals surface area contributed by atoms with Gasteiger partial charge in [0.25, 0.3) is 0 Å². The van der Waals surface area contributed by atoms with Crippen LogP contribution in [-0.2, 0) is 16.0 Å². The molecule has 5 nitrogen and oxygen atoms in total. The van der Waals surface area contributed by atoms with Crippen molar-refractivity contribution in [3.8, 4) is 5.75 Å². The van der Waals surface area contributed by atoms with Crippen LogP contribution < -0.4 is 4.74 Å². The van der Waals surface area contributed by atoms with Gasteiger partial charge < -0.3 is 19.5 Å². The highest BCUT2D eigenvalue weighted by atomic mass is 16.6. The minimum Gasteiger partial charge on any atom is -0.490 e. The number of carbonyl (C=O) groups excluding carboxylic acids is 1. The molecule has 2 atom stereocenters. The fourth-order valence-corrected chi connectivity index (χ4v) is 4.33. The molecule has 0 fully saturated rings. The molecule has 0 aliphatic rings. The lowest BCUT2D eigenvalue weighted by atomic mass is 10.1. The van der Waals surface area contributed by atoms with Gasteiger partial charge in [0.1, 0.15) is 12.4 Å². The van der Waals surface area contributed by atoms with Crippen molar-refractivity contribution in [2.75, 3.05) is 26.3 Å². The number of benzene rings is 1. The maximum atomic E-state index is 12.2. The Balaban J connectivity index is 2.18. The minimum absolute atomic E-state index is 0.131. The Hall–Kier alpha value is -2.89. The number of aliphatic hydroxyl groups excluding tert-OH is 1. The van der Waals surface area contributed by atoms with Gasteiger partial charge in [0.2, 0.25) is 0 Å². The van der Waals surface area contributed by atoms with Gasteiger partial charge in [-0.25, -0.2) is 0 Å². The SMILES string of the molecule is CCC=CCC=CCC=CCC=CCC=CCCCC(=O)OC(CO)COc1ccc(CC(C)N(CC)CC)cc1. The number of aliphatic hydroxyl groups is 1. The fourth-order valence-electron chi connectivity index (χ4n) is 4.33. The number of carbonyl (C=O) groups is 1. The fraction of sp³-hybridized carbons (Fsp3) is 0.528. The van der Waals surface area contributed by atoms with Gasteiger partial charge in [0.15, 0.2) is 6.10 Å². The summed E-state index contributed by atoms with van der Waals surface area (Å²) in [6.45, 7) is 10.7. The van der Waals surface area contributed by atoms with E-state index in [0.29, 0.717) is 18.2 Å². The van der Waals surface area contributed by atoms with E-state index in [4.69, 9.17) is 9.47 Å². The normalized spacial score (nSPS) is 13.9.